The Kier molecular flexibility index (Phi) is 6.40. The minimum Gasteiger partial charge on any atom is -0.476 e. The molecule has 0 radical (unpaired) electrons. The summed E-state index contributed by atoms with van der Waals surface area (Å²) < 4.78 is 79.2. The molecule has 0 saturated carbocycles. The van der Waals surface area contributed by atoms with Crippen molar-refractivity contribution >= 4 is 18.4 Å². The van der Waals surface area contributed by atoms with E-state index in [-0.39, 0.29) is 35.3 Å². The Morgan fingerprint density at radius 1 is 0.967 bits per heavy atom. The van der Waals surface area contributed by atoms with Gasteiger partial charge in [-0.05, 0) is 35.9 Å². The van der Waals surface area contributed by atoms with Crippen molar-refractivity contribution in [2.75, 3.05) is 0 Å². The summed E-state index contributed by atoms with van der Waals surface area (Å²) in [5, 5.41) is 16.4. The first kappa shape index (κ1) is 23.1. The molecule has 13 heteroatoms. The molecule has 1 N–H and O–H groups in total. The van der Waals surface area contributed by atoms with Crippen molar-refractivity contribution in [3.63, 3.8) is 0 Å². The zero-order valence-corrected chi connectivity index (χ0v) is 15.4. The monoisotopic (exact) mass is 452 g/mol. The lowest BCUT2D eigenvalue weighted by Gasteiger charge is -2.15. The van der Waals surface area contributed by atoms with Gasteiger partial charge < -0.3 is 5.11 Å². The Morgan fingerprint density at radius 3 is 1.97 bits per heavy atom. The summed E-state index contributed by atoms with van der Waals surface area (Å²) in [5.41, 5.74) is -3.63. The molecule has 2 aromatic heterocycles. The van der Waals surface area contributed by atoms with Gasteiger partial charge in [-0.1, -0.05) is 5.21 Å². The standard InChI is InChI=1S/C17H10F6N4O2.ClH/c18-16(19,20)11-5-9(6-12(7-11)17(21,22)23)8-27-14(10-1-3-24-4-2-10)13(15(28)29)25-26-27;/h1-7H,8H2,(H,28,29);1H. The SMILES string of the molecule is Cl.O=C(O)c1nnn(Cc2cc(C(F)(F)F)cc(C(F)(F)F)c2)c1-c1ccncc1. The number of halogens is 7. The van der Waals surface area contributed by atoms with Gasteiger partial charge in [-0.2, -0.15) is 26.3 Å². The topological polar surface area (TPSA) is 80.9 Å². The lowest BCUT2D eigenvalue weighted by atomic mass is 10.0. The molecule has 30 heavy (non-hydrogen) atoms. The van der Waals surface area contributed by atoms with E-state index in [4.69, 9.17) is 0 Å². The van der Waals surface area contributed by atoms with Crippen molar-refractivity contribution < 1.29 is 36.2 Å². The number of rotatable bonds is 4. The van der Waals surface area contributed by atoms with Gasteiger partial charge in [0.2, 0.25) is 0 Å². The lowest BCUT2D eigenvalue weighted by Crippen LogP contribution is -2.13. The number of nitrogens with zero attached hydrogens (tertiary/aromatic N) is 4. The van der Waals surface area contributed by atoms with E-state index in [2.05, 4.69) is 15.3 Å². The molecule has 6 nitrogen and oxygen atoms in total. The van der Waals surface area contributed by atoms with Crippen molar-refractivity contribution in [3.05, 3.63) is 65.1 Å². The number of carbonyl (C=O) groups is 1. The van der Waals surface area contributed by atoms with E-state index < -0.39 is 41.7 Å². The normalized spacial score (nSPS) is 11.8. The van der Waals surface area contributed by atoms with Crippen molar-refractivity contribution in [2.45, 2.75) is 18.9 Å². The van der Waals surface area contributed by atoms with Crippen LogP contribution < -0.4 is 0 Å². The molecular formula is C17H11ClF6N4O2. The highest BCUT2D eigenvalue weighted by molar-refractivity contribution is 5.92. The first-order valence-electron chi connectivity index (χ1n) is 7.82. The quantitative estimate of drug-likeness (QED) is 0.588. The molecule has 0 spiro atoms. The Morgan fingerprint density at radius 2 is 1.50 bits per heavy atom. The van der Waals surface area contributed by atoms with Crippen molar-refractivity contribution in [3.8, 4) is 11.3 Å². The number of benzene rings is 1. The molecule has 3 aromatic rings. The van der Waals surface area contributed by atoms with Gasteiger partial charge in [0, 0.05) is 18.0 Å². The second kappa shape index (κ2) is 8.30. The van der Waals surface area contributed by atoms with Crippen LogP contribution in [-0.2, 0) is 18.9 Å². The largest absolute Gasteiger partial charge is 0.476 e. The Balaban J connectivity index is 0.00000320. The van der Waals surface area contributed by atoms with Crippen LogP contribution in [0.25, 0.3) is 11.3 Å². The number of aromatic nitrogens is 4. The number of pyridine rings is 1. The molecule has 2 heterocycles. The number of alkyl halides is 6. The van der Waals surface area contributed by atoms with E-state index in [0.717, 1.165) is 4.68 Å². The molecule has 0 saturated heterocycles. The Labute approximate surface area is 170 Å². The summed E-state index contributed by atoms with van der Waals surface area (Å²) in [7, 11) is 0. The average molecular weight is 453 g/mol. The summed E-state index contributed by atoms with van der Waals surface area (Å²) in [6, 6.07) is 3.93. The van der Waals surface area contributed by atoms with E-state index in [1.165, 1.54) is 24.5 Å². The van der Waals surface area contributed by atoms with Crippen LogP contribution in [-0.4, -0.2) is 31.1 Å². The third-order valence-corrected chi connectivity index (χ3v) is 3.87. The van der Waals surface area contributed by atoms with Crippen molar-refractivity contribution in [2.24, 2.45) is 0 Å². The third kappa shape index (κ3) is 4.87. The lowest BCUT2D eigenvalue weighted by molar-refractivity contribution is -0.143. The molecule has 0 unspecified atom stereocenters. The van der Waals surface area contributed by atoms with Crippen LogP contribution in [0.2, 0.25) is 0 Å². The van der Waals surface area contributed by atoms with E-state index in [9.17, 15) is 36.2 Å². The third-order valence-electron chi connectivity index (χ3n) is 3.87. The Hall–Kier alpha value is -3.15. The summed E-state index contributed by atoms with van der Waals surface area (Å²) in [6.07, 6.45) is -7.33. The van der Waals surface area contributed by atoms with E-state index in [1.54, 1.807) is 0 Å². The first-order valence-corrected chi connectivity index (χ1v) is 7.82. The average Bonchev–Trinajstić information content (AvgIpc) is 3.04. The van der Waals surface area contributed by atoms with Crippen LogP contribution in [0.5, 0.6) is 0 Å². The molecule has 0 aliphatic rings. The maximum atomic E-state index is 13.0. The molecule has 0 amide bonds. The van der Waals surface area contributed by atoms with Crippen molar-refractivity contribution in [1.29, 1.82) is 0 Å². The number of carboxylic acid groups (broad SMARTS) is 1. The fourth-order valence-corrected chi connectivity index (χ4v) is 2.65. The summed E-state index contributed by atoms with van der Waals surface area (Å²) in [6.45, 7) is -0.565. The predicted molar refractivity (Wildman–Crippen MR) is 93.0 cm³/mol. The molecule has 3 rings (SSSR count). The highest BCUT2D eigenvalue weighted by atomic mass is 35.5. The summed E-state index contributed by atoms with van der Waals surface area (Å²) in [5.74, 6) is -1.46. The highest BCUT2D eigenvalue weighted by Gasteiger charge is 2.37. The van der Waals surface area contributed by atoms with Gasteiger partial charge in [0.1, 0.15) is 5.69 Å². The van der Waals surface area contributed by atoms with Gasteiger partial charge in [-0.3, -0.25) is 4.98 Å². The van der Waals surface area contributed by atoms with Gasteiger partial charge in [-0.15, -0.1) is 17.5 Å². The van der Waals surface area contributed by atoms with Gasteiger partial charge in [0.25, 0.3) is 0 Å². The van der Waals surface area contributed by atoms with Gasteiger partial charge in [-0.25, -0.2) is 9.48 Å². The zero-order chi connectivity index (χ0) is 21.4. The maximum absolute atomic E-state index is 13.0. The van der Waals surface area contributed by atoms with E-state index >= 15 is 0 Å². The molecule has 0 aliphatic carbocycles. The molecule has 0 bridgehead atoms. The smallest absolute Gasteiger partial charge is 0.416 e. The second-order valence-electron chi connectivity index (χ2n) is 5.90. The molecule has 0 fully saturated rings. The Bertz CT molecular complexity index is 1020. The van der Waals surface area contributed by atoms with Crippen LogP contribution in [0, 0.1) is 0 Å². The van der Waals surface area contributed by atoms with Crippen LogP contribution in [0.15, 0.2) is 42.7 Å². The predicted octanol–water partition coefficient (Wildman–Crippen LogP) is 4.55. The molecular weight excluding hydrogens is 442 g/mol. The van der Waals surface area contributed by atoms with Crippen LogP contribution in [0.1, 0.15) is 27.2 Å². The van der Waals surface area contributed by atoms with E-state index in [0.29, 0.717) is 12.1 Å². The highest BCUT2D eigenvalue weighted by Crippen LogP contribution is 2.36. The van der Waals surface area contributed by atoms with Gasteiger partial charge >= 0.3 is 18.3 Å². The fourth-order valence-electron chi connectivity index (χ4n) is 2.65. The zero-order valence-electron chi connectivity index (χ0n) is 14.6. The van der Waals surface area contributed by atoms with Crippen LogP contribution >= 0.6 is 12.4 Å². The van der Waals surface area contributed by atoms with Crippen LogP contribution in [0.4, 0.5) is 26.3 Å². The summed E-state index contributed by atoms with van der Waals surface area (Å²) >= 11 is 0. The molecule has 1 aromatic carbocycles. The number of hydrogen-bond acceptors (Lipinski definition) is 4. The summed E-state index contributed by atoms with van der Waals surface area (Å²) in [4.78, 5) is 15.2. The molecule has 160 valence electrons. The van der Waals surface area contributed by atoms with Gasteiger partial charge in [0.05, 0.1) is 17.7 Å². The van der Waals surface area contributed by atoms with Crippen LogP contribution in [0.3, 0.4) is 0 Å². The van der Waals surface area contributed by atoms with Crippen molar-refractivity contribution in [1.82, 2.24) is 20.0 Å². The van der Waals surface area contributed by atoms with Gasteiger partial charge in [0.15, 0.2) is 5.69 Å². The maximum Gasteiger partial charge on any atom is 0.416 e. The number of hydrogen-bond donors (Lipinski definition) is 1. The fraction of sp³-hybridized carbons (Fsp3) is 0.176. The second-order valence-corrected chi connectivity index (χ2v) is 5.90. The first-order chi connectivity index (χ1) is 13.5. The minimum absolute atomic E-state index is 0. The minimum atomic E-state index is -5.00. The van der Waals surface area contributed by atoms with E-state index in [1.807, 2.05) is 0 Å². The molecule has 0 aliphatic heterocycles. The molecule has 0 atom stereocenters. The number of carboxylic acids is 1. The number of aromatic carboxylic acids is 1.